The van der Waals surface area contributed by atoms with Gasteiger partial charge in [-0.3, -0.25) is 14.6 Å². The average Bonchev–Trinajstić information content (AvgIpc) is 2.54. The summed E-state index contributed by atoms with van der Waals surface area (Å²) >= 11 is 0. The zero-order chi connectivity index (χ0) is 16.8. The highest BCUT2D eigenvalue weighted by molar-refractivity contribution is 5.94. The van der Waals surface area contributed by atoms with Crippen molar-refractivity contribution in [2.24, 2.45) is 5.73 Å². The van der Waals surface area contributed by atoms with E-state index < -0.39 is 11.7 Å². The van der Waals surface area contributed by atoms with Crippen LogP contribution < -0.4 is 16.4 Å². The Labute approximate surface area is 132 Å². The van der Waals surface area contributed by atoms with Gasteiger partial charge in [0.2, 0.25) is 0 Å². The highest BCUT2D eigenvalue weighted by atomic mass is 19.1. The van der Waals surface area contributed by atoms with E-state index in [1.807, 2.05) is 0 Å². The number of anilines is 1. The van der Waals surface area contributed by atoms with Crippen LogP contribution in [0.5, 0.6) is 0 Å². The lowest BCUT2D eigenvalue weighted by Gasteiger charge is -2.09. The largest absolute Gasteiger partial charge is 0.383 e. The summed E-state index contributed by atoms with van der Waals surface area (Å²) in [5.74, 6) is -1.37. The number of amides is 2. The van der Waals surface area contributed by atoms with Gasteiger partial charge in [0.1, 0.15) is 11.5 Å². The molecule has 0 aliphatic heterocycles. The van der Waals surface area contributed by atoms with E-state index in [9.17, 15) is 14.0 Å². The summed E-state index contributed by atoms with van der Waals surface area (Å²) in [4.78, 5) is 26.7. The van der Waals surface area contributed by atoms with Crippen molar-refractivity contribution in [2.75, 3.05) is 18.4 Å². The zero-order valence-corrected chi connectivity index (χ0v) is 12.6. The Morgan fingerprint density at radius 2 is 2.00 bits per heavy atom. The van der Waals surface area contributed by atoms with Crippen LogP contribution in [0.25, 0.3) is 0 Å². The molecule has 0 bridgehead atoms. The Balaban J connectivity index is 1.83. The van der Waals surface area contributed by atoms with E-state index >= 15 is 0 Å². The summed E-state index contributed by atoms with van der Waals surface area (Å²) in [5, 5.41) is 5.71. The molecule has 0 fully saturated rings. The number of nitrogens with one attached hydrogen (secondary N) is 2. The van der Waals surface area contributed by atoms with Gasteiger partial charge in [-0.1, -0.05) is 6.07 Å². The van der Waals surface area contributed by atoms with E-state index in [1.54, 1.807) is 25.1 Å². The number of nitrogens with two attached hydrogens (primary N) is 1. The molecule has 0 saturated heterocycles. The van der Waals surface area contributed by atoms with Crippen LogP contribution in [0.2, 0.25) is 0 Å². The second-order valence-corrected chi connectivity index (χ2v) is 4.94. The van der Waals surface area contributed by atoms with E-state index in [0.29, 0.717) is 24.3 Å². The van der Waals surface area contributed by atoms with Gasteiger partial charge in [0, 0.05) is 30.5 Å². The minimum atomic E-state index is -0.608. The quantitative estimate of drug-likeness (QED) is 0.703. The van der Waals surface area contributed by atoms with Crippen molar-refractivity contribution in [3.8, 4) is 0 Å². The zero-order valence-electron chi connectivity index (χ0n) is 12.6. The summed E-state index contributed by atoms with van der Waals surface area (Å²) in [6.45, 7) is 2.40. The number of halogens is 1. The Morgan fingerprint density at radius 3 is 2.70 bits per heavy atom. The lowest BCUT2D eigenvalue weighted by Crippen LogP contribution is -2.28. The molecule has 0 unspecified atom stereocenters. The fourth-order valence-corrected chi connectivity index (χ4v) is 1.89. The number of carbonyl (C=O) groups excluding carboxylic acids is 2. The van der Waals surface area contributed by atoms with Crippen molar-refractivity contribution >= 4 is 17.5 Å². The van der Waals surface area contributed by atoms with Crippen LogP contribution in [-0.2, 0) is 0 Å². The van der Waals surface area contributed by atoms with Crippen LogP contribution in [0.15, 0.2) is 36.5 Å². The van der Waals surface area contributed by atoms with Gasteiger partial charge < -0.3 is 16.4 Å². The van der Waals surface area contributed by atoms with Crippen molar-refractivity contribution in [3.63, 3.8) is 0 Å². The van der Waals surface area contributed by atoms with Crippen molar-refractivity contribution in [2.45, 2.75) is 6.92 Å². The number of pyridine rings is 1. The lowest BCUT2D eigenvalue weighted by atomic mass is 10.1. The number of aromatic nitrogens is 1. The van der Waals surface area contributed by atoms with Crippen LogP contribution in [0, 0.1) is 12.7 Å². The number of rotatable bonds is 6. The molecular formula is C16H17FN4O2. The summed E-state index contributed by atoms with van der Waals surface area (Å²) < 4.78 is 13.4. The van der Waals surface area contributed by atoms with Gasteiger partial charge in [-0.05, 0) is 36.8 Å². The summed E-state index contributed by atoms with van der Waals surface area (Å²) in [6, 6.07) is 7.55. The van der Waals surface area contributed by atoms with E-state index in [-0.39, 0.29) is 17.2 Å². The first-order valence-corrected chi connectivity index (χ1v) is 7.01. The Kier molecular flexibility index (Phi) is 5.24. The van der Waals surface area contributed by atoms with Gasteiger partial charge in [-0.15, -0.1) is 0 Å². The Morgan fingerprint density at radius 1 is 1.22 bits per heavy atom. The third-order valence-corrected chi connectivity index (χ3v) is 3.19. The van der Waals surface area contributed by atoms with Crippen LogP contribution >= 0.6 is 0 Å². The first-order valence-electron chi connectivity index (χ1n) is 7.01. The van der Waals surface area contributed by atoms with Gasteiger partial charge in [0.25, 0.3) is 11.8 Å². The molecule has 6 nitrogen and oxygen atoms in total. The SMILES string of the molecule is Cc1ccc(C(=O)NCCNc2ccnc(C(N)=O)c2)cc1F. The molecule has 23 heavy (non-hydrogen) atoms. The van der Waals surface area contributed by atoms with Crippen molar-refractivity contribution in [3.05, 3.63) is 59.2 Å². The minimum absolute atomic E-state index is 0.161. The standard InChI is InChI=1S/C16H17FN4O2/c1-10-2-3-11(8-13(10)17)16(23)21-7-6-19-12-4-5-20-14(9-12)15(18)22/h2-5,8-9H,6-7H2,1H3,(H2,18,22)(H,19,20)(H,21,23). The maximum Gasteiger partial charge on any atom is 0.267 e. The number of aryl methyl sites for hydroxylation is 1. The highest BCUT2D eigenvalue weighted by Gasteiger charge is 2.07. The number of hydrogen-bond acceptors (Lipinski definition) is 4. The predicted molar refractivity (Wildman–Crippen MR) is 84.7 cm³/mol. The average molecular weight is 316 g/mol. The molecular weight excluding hydrogens is 299 g/mol. The van der Waals surface area contributed by atoms with Gasteiger partial charge in [-0.2, -0.15) is 0 Å². The fourth-order valence-electron chi connectivity index (χ4n) is 1.89. The molecule has 120 valence electrons. The number of hydrogen-bond donors (Lipinski definition) is 3. The smallest absolute Gasteiger partial charge is 0.267 e. The normalized spacial score (nSPS) is 10.2. The lowest BCUT2D eigenvalue weighted by molar-refractivity contribution is 0.0953. The summed E-state index contributed by atoms with van der Waals surface area (Å²) in [7, 11) is 0. The third-order valence-electron chi connectivity index (χ3n) is 3.19. The molecule has 2 aromatic rings. The molecule has 1 heterocycles. The predicted octanol–water partition coefficient (Wildman–Crippen LogP) is 1.47. The number of nitrogens with zero attached hydrogens (tertiary/aromatic N) is 1. The molecule has 0 spiro atoms. The topological polar surface area (TPSA) is 97.1 Å². The monoisotopic (exact) mass is 316 g/mol. The molecule has 1 aromatic heterocycles. The van der Waals surface area contributed by atoms with E-state index in [2.05, 4.69) is 15.6 Å². The maximum atomic E-state index is 13.4. The first kappa shape index (κ1) is 16.4. The van der Waals surface area contributed by atoms with E-state index in [0.717, 1.165) is 0 Å². The van der Waals surface area contributed by atoms with Gasteiger partial charge in [-0.25, -0.2) is 4.39 Å². The second-order valence-electron chi connectivity index (χ2n) is 4.94. The molecule has 1 aromatic carbocycles. The molecule has 0 aliphatic rings. The highest BCUT2D eigenvalue weighted by Crippen LogP contribution is 2.09. The summed E-state index contributed by atoms with van der Waals surface area (Å²) in [6.07, 6.45) is 1.47. The van der Waals surface area contributed by atoms with E-state index in [4.69, 9.17) is 5.73 Å². The number of benzene rings is 1. The van der Waals surface area contributed by atoms with Gasteiger partial charge >= 0.3 is 0 Å². The van der Waals surface area contributed by atoms with Crippen molar-refractivity contribution < 1.29 is 14.0 Å². The van der Waals surface area contributed by atoms with Crippen molar-refractivity contribution in [1.82, 2.24) is 10.3 Å². The first-order chi connectivity index (χ1) is 11.0. The fraction of sp³-hybridized carbons (Fsp3) is 0.188. The summed E-state index contributed by atoms with van der Waals surface area (Å²) in [5.41, 5.74) is 6.74. The molecule has 2 rings (SSSR count). The third kappa shape index (κ3) is 4.50. The Bertz CT molecular complexity index is 734. The number of carbonyl (C=O) groups is 2. The molecule has 0 saturated carbocycles. The van der Waals surface area contributed by atoms with Crippen LogP contribution in [-0.4, -0.2) is 29.9 Å². The molecule has 0 radical (unpaired) electrons. The number of primary amides is 1. The molecule has 0 aliphatic carbocycles. The Hall–Kier alpha value is -2.96. The molecule has 4 N–H and O–H groups in total. The molecule has 7 heteroatoms. The van der Waals surface area contributed by atoms with E-state index in [1.165, 1.54) is 18.3 Å². The van der Waals surface area contributed by atoms with Gasteiger partial charge in [0.05, 0.1) is 0 Å². The maximum absolute atomic E-state index is 13.4. The van der Waals surface area contributed by atoms with Gasteiger partial charge in [0.15, 0.2) is 0 Å². The molecule has 0 atom stereocenters. The van der Waals surface area contributed by atoms with Crippen molar-refractivity contribution in [1.29, 1.82) is 0 Å². The molecule has 2 amide bonds. The van der Waals surface area contributed by atoms with Crippen LogP contribution in [0.1, 0.15) is 26.4 Å². The van der Waals surface area contributed by atoms with Crippen LogP contribution in [0.4, 0.5) is 10.1 Å². The minimum Gasteiger partial charge on any atom is -0.383 e. The van der Waals surface area contributed by atoms with Crippen LogP contribution in [0.3, 0.4) is 0 Å². The second kappa shape index (κ2) is 7.35.